The van der Waals surface area contributed by atoms with Crippen LogP contribution in [0.1, 0.15) is 26.2 Å². The summed E-state index contributed by atoms with van der Waals surface area (Å²) >= 11 is 0. The van der Waals surface area contributed by atoms with Gasteiger partial charge >= 0.3 is 0 Å². The standard InChI is InChI=1S/C12H24N2O3S/c1-2-14(11-3-8-18(16,17)9-11)10-12(15)4-6-13-7-5-12/h11,13,15H,2-10H2,1H3. The summed E-state index contributed by atoms with van der Waals surface area (Å²) in [6.45, 7) is 5.13. The van der Waals surface area contributed by atoms with Gasteiger partial charge in [0.15, 0.2) is 9.84 Å². The first-order valence-electron chi connectivity index (χ1n) is 6.82. The summed E-state index contributed by atoms with van der Waals surface area (Å²) in [6, 6.07) is 0.0962. The van der Waals surface area contributed by atoms with Gasteiger partial charge in [-0.15, -0.1) is 0 Å². The number of hydrogen-bond acceptors (Lipinski definition) is 5. The lowest BCUT2D eigenvalue weighted by molar-refractivity contribution is -0.0274. The highest BCUT2D eigenvalue weighted by molar-refractivity contribution is 7.91. The molecule has 2 saturated heterocycles. The van der Waals surface area contributed by atoms with E-state index in [2.05, 4.69) is 10.2 Å². The van der Waals surface area contributed by atoms with Crippen molar-refractivity contribution < 1.29 is 13.5 Å². The SMILES string of the molecule is CCN(CC1(O)CCNCC1)C1CCS(=O)(=O)C1. The van der Waals surface area contributed by atoms with Gasteiger partial charge in [0.1, 0.15) is 0 Å². The summed E-state index contributed by atoms with van der Waals surface area (Å²) in [4.78, 5) is 2.15. The van der Waals surface area contributed by atoms with E-state index in [1.165, 1.54) is 0 Å². The molecule has 5 nitrogen and oxygen atoms in total. The fourth-order valence-electron chi connectivity index (χ4n) is 2.99. The van der Waals surface area contributed by atoms with E-state index in [0.717, 1.165) is 32.5 Å². The Morgan fingerprint density at radius 2 is 2.06 bits per heavy atom. The zero-order chi connectivity index (χ0) is 13.2. The highest BCUT2D eigenvalue weighted by Crippen LogP contribution is 2.24. The van der Waals surface area contributed by atoms with E-state index in [1.54, 1.807) is 0 Å². The van der Waals surface area contributed by atoms with Crippen molar-refractivity contribution in [2.24, 2.45) is 0 Å². The number of rotatable bonds is 4. The van der Waals surface area contributed by atoms with E-state index in [1.807, 2.05) is 6.92 Å². The zero-order valence-corrected chi connectivity index (χ0v) is 11.9. The minimum atomic E-state index is -2.85. The molecular formula is C12H24N2O3S. The predicted molar refractivity (Wildman–Crippen MR) is 71.4 cm³/mol. The molecule has 18 heavy (non-hydrogen) atoms. The Hall–Kier alpha value is -0.170. The second-order valence-corrected chi connectivity index (χ2v) is 7.82. The fourth-order valence-corrected chi connectivity index (χ4v) is 4.75. The summed E-state index contributed by atoms with van der Waals surface area (Å²) in [5.74, 6) is 0.559. The van der Waals surface area contributed by atoms with Crippen LogP contribution in [-0.4, -0.2) is 67.8 Å². The third-order valence-corrected chi connectivity index (χ3v) is 5.91. The first-order valence-corrected chi connectivity index (χ1v) is 8.64. The molecule has 0 spiro atoms. The molecule has 2 aliphatic heterocycles. The lowest BCUT2D eigenvalue weighted by atomic mass is 9.91. The van der Waals surface area contributed by atoms with E-state index in [-0.39, 0.29) is 11.8 Å². The largest absolute Gasteiger partial charge is 0.388 e. The number of nitrogens with one attached hydrogen (secondary N) is 1. The van der Waals surface area contributed by atoms with Crippen LogP contribution in [0.2, 0.25) is 0 Å². The van der Waals surface area contributed by atoms with Crippen LogP contribution in [0.3, 0.4) is 0 Å². The molecule has 0 bridgehead atoms. The Balaban J connectivity index is 1.97. The van der Waals surface area contributed by atoms with Gasteiger partial charge < -0.3 is 10.4 Å². The molecule has 0 aromatic heterocycles. The first kappa shape index (κ1) is 14.2. The van der Waals surface area contributed by atoms with E-state index in [0.29, 0.717) is 18.7 Å². The molecule has 2 aliphatic rings. The summed E-state index contributed by atoms with van der Waals surface area (Å²) in [5.41, 5.74) is -0.645. The Morgan fingerprint density at radius 3 is 2.56 bits per heavy atom. The summed E-state index contributed by atoms with van der Waals surface area (Å²) in [6.07, 6.45) is 2.22. The molecule has 0 aliphatic carbocycles. The van der Waals surface area contributed by atoms with E-state index < -0.39 is 15.4 Å². The number of hydrogen-bond donors (Lipinski definition) is 2. The molecule has 0 aromatic carbocycles. The average Bonchev–Trinajstić information content (AvgIpc) is 2.67. The van der Waals surface area contributed by atoms with Gasteiger partial charge in [-0.1, -0.05) is 6.92 Å². The Bertz CT molecular complexity index is 377. The molecule has 106 valence electrons. The van der Waals surface area contributed by atoms with Gasteiger partial charge in [-0.3, -0.25) is 4.90 Å². The molecule has 0 saturated carbocycles. The van der Waals surface area contributed by atoms with Crippen LogP contribution in [0, 0.1) is 0 Å². The van der Waals surface area contributed by atoms with Crippen molar-refractivity contribution in [1.82, 2.24) is 10.2 Å². The van der Waals surface area contributed by atoms with Crippen molar-refractivity contribution in [2.75, 3.05) is 37.7 Å². The van der Waals surface area contributed by atoms with Crippen LogP contribution < -0.4 is 5.32 Å². The quantitative estimate of drug-likeness (QED) is 0.732. The normalized spacial score (nSPS) is 30.7. The summed E-state index contributed by atoms with van der Waals surface area (Å²) < 4.78 is 23.1. The number of likely N-dealkylation sites (N-methyl/N-ethyl adjacent to an activating group) is 1. The molecular weight excluding hydrogens is 252 g/mol. The van der Waals surface area contributed by atoms with E-state index in [4.69, 9.17) is 0 Å². The van der Waals surface area contributed by atoms with Crippen LogP contribution >= 0.6 is 0 Å². The van der Waals surface area contributed by atoms with Gasteiger partial charge in [0.25, 0.3) is 0 Å². The van der Waals surface area contributed by atoms with E-state index in [9.17, 15) is 13.5 Å². The summed E-state index contributed by atoms with van der Waals surface area (Å²) in [5, 5.41) is 13.8. The van der Waals surface area contributed by atoms with Crippen LogP contribution in [0.25, 0.3) is 0 Å². The first-order chi connectivity index (χ1) is 8.44. The average molecular weight is 276 g/mol. The highest BCUT2D eigenvalue weighted by atomic mass is 32.2. The Morgan fingerprint density at radius 1 is 1.39 bits per heavy atom. The number of piperidine rings is 1. The van der Waals surface area contributed by atoms with Gasteiger partial charge in [-0.2, -0.15) is 0 Å². The minimum absolute atomic E-state index is 0.0962. The van der Waals surface area contributed by atoms with Gasteiger partial charge in [-0.25, -0.2) is 8.42 Å². The van der Waals surface area contributed by atoms with Gasteiger partial charge in [-0.05, 0) is 38.9 Å². The van der Waals surface area contributed by atoms with Crippen LogP contribution in [0.5, 0.6) is 0 Å². The van der Waals surface area contributed by atoms with Crippen molar-refractivity contribution in [1.29, 1.82) is 0 Å². The third-order valence-electron chi connectivity index (χ3n) is 4.16. The number of nitrogens with zero attached hydrogens (tertiary/aromatic N) is 1. The monoisotopic (exact) mass is 276 g/mol. The molecule has 1 atom stereocenters. The van der Waals surface area contributed by atoms with E-state index >= 15 is 0 Å². The topological polar surface area (TPSA) is 69.6 Å². The van der Waals surface area contributed by atoms with Crippen molar-refractivity contribution in [3.05, 3.63) is 0 Å². The van der Waals surface area contributed by atoms with Crippen molar-refractivity contribution in [2.45, 2.75) is 37.8 Å². The Labute approximate surface area is 109 Å². The predicted octanol–water partition coefficient (Wildman–Crippen LogP) is -0.390. The van der Waals surface area contributed by atoms with Crippen LogP contribution in [-0.2, 0) is 9.84 Å². The molecule has 0 radical (unpaired) electrons. The molecule has 6 heteroatoms. The Kier molecular flexibility index (Phi) is 4.31. The summed E-state index contributed by atoms with van der Waals surface area (Å²) in [7, 11) is -2.85. The maximum Gasteiger partial charge on any atom is 0.151 e. The highest BCUT2D eigenvalue weighted by Gasteiger charge is 2.37. The van der Waals surface area contributed by atoms with Crippen LogP contribution in [0.4, 0.5) is 0 Å². The van der Waals surface area contributed by atoms with Crippen molar-refractivity contribution in [3.8, 4) is 0 Å². The maximum absolute atomic E-state index is 11.5. The van der Waals surface area contributed by atoms with Crippen molar-refractivity contribution >= 4 is 9.84 Å². The molecule has 2 heterocycles. The fraction of sp³-hybridized carbons (Fsp3) is 1.00. The second-order valence-electron chi connectivity index (χ2n) is 5.59. The van der Waals surface area contributed by atoms with Crippen molar-refractivity contribution in [3.63, 3.8) is 0 Å². The number of aliphatic hydroxyl groups is 1. The lowest BCUT2D eigenvalue weighted by Crippen LogP contribution is -2.52. The van der Waals surface area contributed by atoms with Crippen LogP contribution in [0.15, 0.2) is 0 Å². The molecule has 0 amide bonds. The molecule has 0 aromatic rings. The zero-order valence-electron chi connectivity index (χ0n) is 11.1. The van der Waals surface area contributed by atoms with Gasteiger partial charge in [0.2, 0.25) is 0 Å². The molecule has 2 N–H and O–H groups in total. The second kappa shape index (κ2) is 5.45. The molecule has 2 fully saturated rings. The maximum atomic E-state index is 11.5. The molecule has 2 rings (SSSR count). The molecule has 1 unspecified atom stereocenters. The minimum Gasteiger partial charge on any atom is -0.388 e. The van der Waals surface area contributed by atoms with Gasteiger partial charge in [0.05, 0.1) is 17.1 Å². The smallest absolute Gasteiger partial charge is 0.151 e. The van der Waals surface area contributed by atoms with Gasteiger partial charge in [0, 0.05) is 12.6 Å². The lowest BCUT2D eigenvalue weighted by Gasteiger charge is -2.39. The third kappa shape index (κ3) is 3.44. The number of sulfone groups is 1.